The third-order valence-electron chi connectivity index (χ3n) is 3.17. The summed E-state index contributed by atoms with van der Waals surface area (Å²) in [6, 6.07) is 0.453. The van der Waals surface area contributed by atoms with Crippen LogP contribution in [0.5, 0.6) is 11.8 Å². The second-order valence-electron chi connectivity index (χ2n) is 5.02. The van der Waals surface area contributed by atoms with Crippen LogP contribution >= 0.6 is 11.9 Å². The molecule has 2 heterocycles. The highest BCUT2D eigenvalue weighted by atomic mass is 32.2. The Morgan fingerprint density at radius 2 is 2.03 bits per heavy atom. The molecule has 0 bridgehead atoms. The lowest BCUT2D eigenvalue weighted by molar-refractivity contribution is 0.138. The number of anilines is 1. The average Bonchev–Trinajstić information content (AvgIpc) is 3.15. The Balaban J connectivity index is 2.07. The van der Waals surface area contributed by atoms with Gasteiger partial charge in [-0.1, -0.05) is 6.92 Å². The Morgan fingerprint density at radius 1 is 1.38 bits per heavy atom. The van der Waals surface area contributed by atoms with E-state index in [1.807, 2.05) is 12.4 Å². The van der Waals surface area contributed by atoms with Crippen LogP contribution in [0.25, 0.3) is 0 Å². The van der Waals surface area contributed by atoms with Crippen LogP contribution in [0, 0.1) is 0 Å². The van der Waals surface area contributed by atoms with Crippen molar-refractivity contribution in [1.29, 1.82) is 0 Å². The van der Waals surface area contributed by atoms with E-state index in [1.54, 1.807) is 0 Å². The minimum Gasteiger partial charge on any atom is -0.481 e. The summed E-state index contributed by atoms with van der Waals surface area (Å²) in [6.45, 7) is 0.717. The molecule has 2 amide bonds. The van der Waals surface area contributed by atoms with Gasteiger partial charge in [-0.15, -0.1) is 0 Å². The predicted octanol–water partition coefficient (Wildman–Crippen LogP) is 0.985. The molecule has 2 aromatic heterocycles. The monoisotopic (exact) mass is 450 g/mol. The van der Waals surface area contributed by atoms with E-state index in [4.69, 9.17) is 13.8 Å². The van der Waals surface area contributed by atoms with E-state index in [9.17, 15) is 18.5 Å². The second kappa shape index (κ2) is 10.9. The lowest BCUT2D eigenvalue weighted by atomic mass is 10.2. The number of hydrogen-bond donors (Lipinski definition) is 3. The maximum absolute atomic E-state index is 12.8. The maximum Gasteiger partial charge on any atom is 0.346 e. The van der Waals surface area contributed by atoms with Gasteiger partial charge in [0.25, 0.3) is 0 Å². The fraction of sp³-hybridized carbons (Fsp3) is 0.429. The van der Waals surface area contributed by atoms with Crippen molar-refractivity contribution in [2.24, 2.45) is 0 Å². The van der Waals surface area contributed by atoms with E-state index in [1.165, 1.54) is 30.6 Å². The van der Waals surface area contributed by atoms with Gasteiger partial charge in [-0.2, -0.15) is 23.4 Å². The lowest BCUT2D eigenvalue weighted by Gasteiger charge is -2.11. The number of hydroxylamine groups is 1. The lowest BCUT2D eigenvalue weighted by Crippen LogP contribution is -2.31. The molecule has 12 nitrogen and oxygen atoms in total. The number of nitrogens with zero attached hydrogens (tertiary/aromatic N) is 4. The number of amides is 2. The highest BCUT2D eigenvalue weighted by Gasteiger charge is 2.25. The zero-order valence-corrected chi connectivity index (χ0v) is 17.3. The molecule has 0 radical (unpaired) electrons. The van der Waals surface area contributed by atoms with Crippen LogP contribution in [0.2, 0.25) is 0 Å². The quantitative estimate of drug-likeness (QED) is 0.447. The van der Waals surface area contributed by atoms with Crippen molar-refractivity contribution in [3.05, 3.63) is 17.8 Å². The van der Waals surface area contributed by atoms with Crippen LogP contribution in [-0.4, -0.2) is 61.1 Å². The minimum atomic E-state index is -2.30. The Bertz CT molecular complexity index is 847. The Labute approximate surface area is 171 Å². The smallest absolute Gasteiger partial charge is 0.346 e. The summed E-state index contributed by atoms with van der Waals surface area (Å²) < 4.78 is 41.3. The van der Waals surface area contributed by atoms with E-state index in [0.29, 0.717) is 5.75 Å². The van der Waals surface area contributed by atoms with Crippen molar-refractivity contribution in [3.63, 3.8) is 0 Å². The Kier molecular flexibility index (Phi) is 8.56. The maximum atomic E-state index is 12.8. The van der Waals surface area contributed by atoms with Crippen LogP contribution in [0.4, 0.5) is 15.1 Å². The molecule has 0 aromatic carbocycles. The van der Waals surface area contributed by atoms with Gasteiger partial charge in [-0.3, -0.25) is 5.32 Å². The first-order valence-corrected chi connectivity index (χ1v) is 10.0. The summed E-state index contributed by atoms with van der Waals surface area (Å²) in [5.41, 5.74) is 1.89. The van der Waals surface area contributed by atoms with E-state index in [-0.39, 0.29) is 28.3 Å². The molecular formula is C14H19FN6O6S2. The summed E-state index contributed by atoms with van der Waals surface area (Å²) in [7, 11) is 2.75. The first-order valence-electron chi connectivity index (χ1n) is 8.01. The molecule has 0 fully saturated rings. The van der Waals surface area contributed by atoms with Crippen molar-refractivity contribution in [2.45, 2.75) is 18.1 Å². The molecule has 160 valence electrons. The number of carbonyl (C=O) groups excluding carboxylic acids is 1. The molecule has 3 N–H and O–H groups in total. The van der Waals surface area contributed by atoms with Gasteiger partial charge in [0, 0.05) is 11.3 Å². The minimum absolute atomic E-state index is 0.0187. The van der Waals surface area contributed by atoms with Crippen LogP contribution < -0.4 is 20.3 Å². The first kappa shape index (κ1) is 22.8. The van der Waals surface area contributed by atoms with Crippen molar-refractivity contribution < 1.29 is 32.3 Å². The van der Waals surface area contributed by atoms with Gasteiger partial charge in [0.05, 0.1) is 26.5 Å². The zero-order valence-electron chi connectivity index (χ0n) is 15.6. The van der Waals surface area contributed by atoms with Crippen LogP contribution in [0.3, 0.4) is 0 Å². The summed E-state index contributed by atoms with van der Waals surface area (Å²) >= 11 is -1.15. The largest absolute Gasteiger partial charge is 0.481 e. The molecule has 15 heteroatoms. The van der Waals surface area contributed by atoms with Gasteiger partial charge in [0.15, 0.2) is 5.03 Å². The number of methoxy groups -OCH3 is 2. The third-order valence-corrected chi connectivity index (χ3v) is 5.02. The fourth-order valence-electron chi connectivity index (χ4n) is 1.93. The topological polar surface area (TPSA) is 150 Å². The second-order valence-corrected chi connectivity index (χ2v) is 7.22. The van der Waals surface area contributed by atoms with Gasteiger partial charge in [0.1, 0.15) is 12.8 Å². The van der Waals surface area contributed by atoms with Crippen LogP contribution in [-0.2, 0) is 15.4 Å². The third kappa shape index (κ3) is 5.99. The van der Waals surface area contributed by atoms with Gasteiger partial charge < -0.3 is 14.6 Å². The van der Waals surface area contributed by atoms with Crippen molar-refractivity contribution in [1.82, 2.24) is 24.6 Å². The molecule has 0 aliphatic heterocycles. The van der Waals surface area contributed by atoms with Crippen LogP contribution in [0.15, 0.2) is 17.3 Å². The number of hydrogen-bond acceptors (Lipinski definition) is 10. The van der Waals surface area contributed by atoms with Crippen molar-refractivity contribution >= 4 is 35.0 Å². The molecule has 2 atom stereocenters. The Morgan fingerprint density at radius 3 is 2.59 bits per heavy atom. The normalized spacial score (nSPS) is 12.9. The van der Waals surface area contributed by atoms with E-state index < -0.39 is 29.9 Å². The molecule has 0 spiro atoms. The first-order chi connectivity index (χ1) is 13.9. The van der Waals surface area contributed by atoms with Crippen molar-refractivity contribution in [3.8, 4) is 11.8 Å². The fourth-order valence-corrected chi connectivity index (χ4v) is 3.64. The Hall–Kier alpha value is -2.49. The molecule has 2 unspecified atom stereocenters. The van der Waals surface area contributed by atoms with E-state index >= 15 is 0 Å². The highest BCUT2D eigenvalue weighted by Crippen LogP contribution is 2.25. The summed E-state index contributed by atoms with van der Waals surface area (Å²) in [5, 5.41) is 15.8. The number of ether oxygens (including phenoxy) is 2. The van der Waals surface area contributed by atoms with Crippen molar-refractivity contribution in [2.75, 3.05) is 32.0 Å². The summed E-state index contributed by atoms with van der Waals surface area (Å²) in [5.74, 6) is 0.678. The molecule has 2 rings (SSSR count). The van der Waals surface area contributed by atoms with Gasteiger partial charge >= 0.3 is 6.03 Å². The number of carbonyl (C=O) groups is 1. The highest BCUT2D eigenvalue weighted by molar-refractivity contribution is 7.98. The molecular weight excluding hydrogens is 431 g/mol. The van der Waals surface area contributed by atoms with Gasteiger partial charge in [-0.05, 0) is 11.9 Å². The summed E-state index contributed by atoms with van der Waals surface area (Å²) in [4.78, 5) is 19.8. The molecule has 0 saturated carbocycles. The predicted molar refractivity (Wildman–Crippen MR) is 101 cm³/mol. The number of urea groups is 1. The number of aliphatic hydroxyl groups excluding tert-OH is 1. The number of aliphatic hydroxyl groups is 1. The molecule has 0 aliphatic carbocycles. The van der Waals surface area contributed by atoms with Gasteiger partial charge in [-0.25, -0.2) is 18.9 Å². The molecule has 29 heavy (non-hydrogen) atoms. The zero-order chi connectivity index (χ0) is 21.4. The standard InChI is InChI=1S/C14H19FN6O6S2/c1-4-28-21-12(8(7-16-21)9(22)6-15)29(24)27-20-14(23)19-13-17-10(25-2)5-11(18-13)26-3/h5,7,9,22H,4,6H2,1-3H3,(H2,17,18,19,20,23). The van der Waals surface area contributed by atoms with Gasteiger partial charge in [0.2, 0.25) is 28.8 Å². The number of halogens is 1. The SMILES string of the molecule is CCSn1ncc(C(O)CF)c1S(=O)ONC(=O)Nc1nc(OC)cc(OC)n1. The average molecular weight is 450 g/mol. The molecule has 0 aliphatic rings. The number of aromatic nitrogens is 4. The van der Waals surface area contributed by atoms with Crippen LogP contribution in [0.1, 0.15) is 18.6 Å². The molecule has 0 saturated heterocycles. The number of nitrogens with one attached hydrogen (secondary N) is 2. The number of rotatable bonds is 10. The van der Waals surface area contributed by atoms with E-state index in [2.05, 4.69) is 20.4 Å². The van der Waals surface area contributed by atoms with E-state index in [0.717, 1.165) is 11.9 Å². The summed E-state index contributed by atoms with van der Waals surface area (Å²) in [6.07, 6.45) is -0.352. The molecule has 2 aromatic rings. The number of alkyl halides is 1.